The molecule has 3 rings (SSSR count). The minimum absolute atomic E-state index is 0.209. The van der Waals surface area contributed by atoms with Crippen molar-refractivity contribution in [2.24, 2.45) is 0 Å². The lowest BCUT2D eigenvalue weighted by molar-refractivity contribution is 0.102. The van der Waals surface area contributed by atoms with Crippen molar-refractivity contribution in [2.75, 3.05) is 5.32 Å². The smallest absolute Gasteiger partial charge is 0.261 e. The summed E-state index contributed by atoms with van der Waals surface area (Å²) in [6, 6.07) is 16.1. The third kappa shape index (κ3) is 4.73. The molecule has 3 aromatic rings. The fraction of sp³-hybridized carbons (Fsp3) is 0.280. The zero-order valence-corrected chi connectivity index (χ0v) is 19.5. The molecule has 0 aliphatic carbocycles. The molecule has 1 amide bonds. The Morgan fingerprint density at radius 3 is 2.20 bits per heavy atom. The van der Waals surface area contributed by atoms with Gasteiger partial charge < -0.3 is 10.1 Å². The Morgan fingerprint density at radius 1 is 0.967 bits per heavy atom. The minimum atomic E-state index is -0.209. The summed E-state index contributed by atoms with van der Waals surface area (Å²) in [6.07, 6.45) is 1.69. The Kier molecular flexibility index (Phi) is 7.27. The van der Waals surface area contributed by atoms with Gasteiger partial charge in [0.1, 0.15) is 17.9 Å². The standard InChI is InChI=1S/C25H27BrN2O2/c1-5-19-13-10-14-20(6-2)23(19)28-25(29)21-16(3)27-17(4)22(26)24(21)30-15-18-11-8-7-9-12-18/h7-14H,5-6,15H2,1-4H3,(H,28,29). The zero-order chi connectivity index (χ0) is 21.7. The molecule has 4 nitrogen and oxygen atoms in total. The molecule has 1 aromatic heterocycles. The first kappa shape index (κ1) is 22.0. The molecule has 0 radical (unpaired) electrons. The topological polar surface area (TPSA) is 51.2 Å². The van der Waals surface area contributed by atoms with Crippen LogP contribution in [0.3, 0.4) is 0 Å². The highest BCUT2D eigenvalue weighted by molar-refractivity contribution is 9.10. The first-order valence-electron chi connectivity index (χ1n) is 10.2. The van der Waals surface area contributed by atoms with Crippen LogP contribution in [0.1, 0.15) is 52.3 Å². The van der Waals surface area contributed by atoms with Crippen molar-refractivity contribution in [3.05, 3.63) is 86.6 Å². The number of carbonyl (C=O) groups is 1. The van der Waals surface area contributed by atoms with Gasteiger partial charge in [0.2, 0.25) is 0 Å². The van der Waals surface area contributed by atoms with Gasteiger partial charge in [-0.1, -0.05) is 62.4 Å². The second-order valence-electron chi connectivity index (χ2n) is 7.19. The summed E-state index contributed by atoms with van der Waals surface area (Å²) >= 11 is 3.58. The number of hydrogen-bond donors (Lipinski definition) is 1. The third-order valence-electron chi connectivity index (χ3n) is 5.13. The summed E-state index contributed by atoms with van der Waals surface area (Å²) in [5.41, 5.74) is 6.04. The Labute approximate surface area is 186 Å². The first-order chi connectivity index (χ1) is 14.5. The predicted molar refractivity (Wildman–Crippen MR) is 125 cm³/mol. The second-order valence-corrected chi connectivity index (χ2v) is 7.98. The SMILES string of the molecule is CCc1cccc(CC)c1NC(=O)c1c(C)nc(C)c(Br)c1OCc1ccccc1. The van der Waals surface area contributed by atoms with E-state index in [0.717, 1.165) is 40.9 Å². The van der Waals surface area contributed by atoms with E-state index in [4.69, 9.17) is 4.74 Å². The Morgan fingerprint density at radius 2 is 1.60 bits per heavy atom. The summed E-state index contributed by atoms with van der Waals surface area (Å²) in [7, 11) is 0. The molecule has 5 heteroatoms. The molecule has 0 saturated carbocycles. The minimum Gasteiger partial charge on any atom is -0.487 e. The van der Waals surface area contributed by atoms with E-state index in [1.54, 1.807) is 0 Å². The van der Waals surface area contributed by atoms with E-state index in [-0.39, 0.29) is 5.91 Å². The van der Waals surface area contributed by atoms with Crippen LogP contribution in [0.2, 0.25) is 0 Å². The highest BCUT2D eigenvalue weighted by atomic mass is 79.9. The van der Waals surface area contributed by atoms with E-state index < -0.39 is 0 Å². The van der Waals surface area contributed by atoms with Crippen molar-refractivity contribution in [1.29, 1.82) is 0 Å². The number of nitrogens with zero attached hydrogens (tertiary/aromatic N) is 1. The number of aryl methyl sites for hydroxylation is 4. The molecule has 1 heterocycles. The molecule has 0 fully saturated rings. The van der Waals surface area contributed by atoms with Crippen molar-refractivity contribution in [3.8, 4) is 5.75 Å². The maximum Gasteiger partial charge on any atom is 0.261 e. The number of para-hydroxylation sites is 1. The molecule has 0 saturated heterocycles. The lowest BCUT2D eigenvalue weighted by Gasteiger charge is -2.19. The number of amides is 1. The lowest BCUT2D eigenvalue weighted by atomic mass is 10.0. The molecule has 0 aliphatic rings. The highest BCUT2D eigenvalue weighted by Gasteiger charge is 2.23. The van der Waals surface area contributed by atoms with Crippen molar-refractivity contribution >= 4 is 27.5 Å². The van der Waals surface area contributed by atoms with Gasteiger partial charge in [0.25, 0.3) is 5.91 Å². The number of benzene rings is 2. The number of halogens is 1. The Hall–Kier alpha value is -2.66. The molecule has 156 valence electrons. The summed E-state index contributed by atoms with van der Waals surface area (Å²) in [5.74, 6) is 0.313. The van der Waals surface area contributed by atoms with Gasteiger partial charge in [0.05, 0.1) is 15.9 Å². The molecule has 0 aliphatic heterocycles. The second kappa shape index (κ2) is 9.90. The number of rotatable bonds is 7. The molecule has 30 heavy (non-hydrogen) atoms. The van der Waals surface area contributed by atoms with E-state index in [0.29, 0.717) is 28.1 Å². The van der Waals surface area contributed by atoms with E-state index in [2.05, 4.69) is 52.2 Å². The van der Waals surface area contributed by atoms with Crippen LogP contribution in [0, 0.1) is 13.8 Å². The van der Waals surface area contributed by atoms with Crippen LogP contribution in [-0.4, -0.2) is 10.9 Å². The van der Waals surface area contributed by atoms with Gasteiger partial charge in [0.15, 0.2) is 0 Å². The quantitative estimate of drug-likeness (QED) is 0.437. The van der Waals surface area contributed by atoms with Crippen molar-refractivity contribution < 1.29 is 9.53 Å². The molecule has 0 spiro atoms. The predicted octanol–water partition coefficient (Wildman–Crippen LogP) is 6.42. The zero-order valence-electron chi connectivity index (χ0n) is 17.9. The summed E-state index contributed by atoms with van der Waals surface area (Å²) in [4.78, 5) is 18.0. The van der Waals surface area contributed by atoms with Gasteiger partial charge in [0, 0.05) is 5.69 Å². The van der Waals surface area contributed by atoms with Gasteiger partial charge in [-0.2, -0.15) is 0 Å². The maximum atomic E-state index is 13.4. The van der Waals surface area contributed by atoms with E-state index in [1.165, 1.54) is 0 Å². The first-order valence-corrected chi connectivity index (χ1v) is 11.0. The van der Waals surface area contributed by atoms with Crippen molar-refractivity contribution in [2.45, 2.75) is 47.1 Å². The fourth-order valence-electron chi connectivity index (χ4n) is 3.51. The normalized spacial score (nSPS) is 10.7. The van der Waals surface area contributed by atoms with E-state index in [9.17, 15) is 4.79 Å². The molecule has 1 N–H and O–H groups in total. The Balaban J connectivity index is 1.99. The number of carbonyl (C=O) groups excluding carboxylic acids is 1. The summed E-state index contributed by atoms with van der Waals surface area (Å²) < 4.78 is 6.84. The monoisotopic (exact) mass is 466 g/mol. The van der Waals surface area contributed by atoms with E-state index in [1.807, 2.05) is 50.2 Å². The summed E-state index contributed by atoms with van der Waals surface area (Å²) in [6.45, 7) is 8.29. The largest absolute Gasteiger partial charge is 0.487 e. The van der Waals surface area contributed by atoms with Crippen LogP contribution in [0.15, 0.2) is 53.0 Å². The lowest BCUT2D eigenvalue weighted by Crippen LogP contribution is -2.19. The summed E-state index contributed by atoms with van der Waals surface area (Å²) in [5, 5.41) is 3.14. The molecule has 0 atom stereocenters. The van der Waals surface area contributed by atoms with Gasteiger partial charge >= 0.3 is 0 Å². The number of pyridine rings is 1. The number of hydrogen-bond acceptors (Lipinski definition) is 3. The average Bonchev–Trinajstić information content (AvgIpc) is 2.75. The number of aromatic nitrogens is 1. The molecular formula is C25H27BrN2O2. The Bertz CT molecular complexity index is 1030. The molecular weight excluding hydrogens is 440 g/mol. The maximum absolute atomic E-state index is 13.4. The van der Waals surface area contributed by atoms with E-state index >= 15 is 0 Å². The number of anilines is 1. The number of ether oxygens (including phenoxy) is 1. The fourth-order valence-corrected chi connectivity index (χ4v) is 3.91. The van der Waals surface area contributed by atoms with Crippen molar-refractivity contribution in [1.82, 2.24) is 4.98 Å². The highest BCUT2D eigenvalue weighted by Crippen LogP contribution is 2.35. The molecule has 0 unspecified atom stereocenters. The molecule has 0 bridgehead atoms. The van der Waals surface area contributed by atoms with Crippen LogP contribution in [0.5, 0.6) is 5.75 Å². The molecule has 2 aromatic carbocycles. The average molecular weight is 467 g/mol. The number of nitrogens with one attached hydrogen (secondary N) is 1. The van der Waals surface area contributed by atoms with Gasteiger partial charge in [-0.3, -0.25) is 9.78 Å². The van der Waals surface area contributed by atoms with Gasteiger partial charge in [-0.05, 0) is 59.3 Å². The van der Waals surface area contributed by atoms with Crippen LogP contribution < -0.4 is 10.1 Å². The van der Waals surface area contributed by atoms with Gasteiger partial charge in [-0.25, -0.2) is 0 Å². The van der Waals surface area contributed by atoms with Crippen LogP contribution in [-0.2, 0) is 19.4 Å². The van der Waals surface area contributed by atoms with Gasteiger partial charge in [-0.15, -0.1) is 0 Å². The van der Waals surface area contributed by atoms with Crippen molar-refractivity contribution in [3.63, 3.8) is 0 Å². The van der Waals surface area contributed by atoms with Crippen LogP contribution in [0.25, 0.3) is 0 Å². The van der Waals surface area contributed by atoms with Crippen LogP contribution in [0.4, 0.5) is 5.69 Å². The third-order valence-corrected chi connectivity index (χ3v) is 6.07. The van der Waals surface area contributed by atoms with Crippen LogP contribution >= 0.6 is 15.9 Å².